The summed E-state index contributed by atoms with van der Waals surface area (Å²) in [6.45, 7) is 1.49. The molecule has 1 N–H and O–H groups in total. The lowest BCUT2D eigenvalue weighted by molar-refractivity contribution is 0.306. The van der Waals surface area contributed by atoms with Crippen LogP contribution in [0, 0.1) is 0 Å². The predicted molar refractivity (Wildman–Crippen MR) is 108 cm³/mol. The third-order valence-electron chi connectivity index (χ3n) is 3.59. The van der Waals surface area contributed by atoms with Crippen molar-refractivity contribution in [3.63, 3.8) is 0 Å². The van der Waals surface area contributed by atoms with E-state index in [0.717, 1.165) is 24.4 Å². The normalized spacial score (nSPS) is 9.44. The molecule has 0 radical (unpaired) electrons. The van der Waals surface area contributed by atoms with Crippen LogP contribution in [-0.2, 0) is 13.0 Å². The fourth-order valence-electron chi connectivity index (χ4n) is 2.31. The van der Waals surface area contributed by atoms with Crippen LogP contribution < -0.4 is 10.1 Å². The highest BCUT2D eigenvalue weighted by Crippen LogP contribution is 2.17. The summed E-state index contributed by atoms with van der Waals surface area (Å²) < 4.78 is 5.79. The van der Waals surface area contributed by atoms with Gasteiger partial charge in [0.25, 0.3) is 0 Å². The molecular weight excluding hydrogens is 355 g/mol. The Morgan fingerprint density at radius 1 is 0.760 bits per heavy atom. The highest BCUT2D eigenvalue weighted by Gasteiger charge is 1.97. The van der Waals surface area contributed by atoms with Gasteiger partial charge in [0.15, 0.2) is 0 Å². The van der Waals surface area contributed by atoms with Crippen LogP contribution in [0.5, 0.6) is 5.75 Å². The number of halogens is 2. The van der Waals surface area contributed by atoms with Crippen LogP contribution >= 0.6 is 24.8 Å². The quantitative estimate of drug-likeness (QED) is 0.618. The van der Waals surface area contributed by atoms with Gasteiger partial charge in [-0.1, -0.05) is 30.3 Å². The first-order valence-corrected chi connectivity index (χ1v) is 7.80. The first kappa shape index (κ1) is 20.8. The minimum Gasteiger partial charge on any atom is -0.489 e. The molecule has 0 amide bonds. The van der Waals surface area contributed by atoms with Crippen molar-refractivity contribution in [1.29, 1.82) is 0 Å². The van der Waals surface area contributed by atoms with E-state index in [9.17, 15) is 0 Å². The van der Waals surface area contributed by atoms with Crippen LogP contribution in [0.4, 0.5) is 5.69 Å². The van der Waals surface area contributed by atoms with Gasteiger partial charge >= 0.3 is 0 Å². The number of nitrogens with zero attached hydrogens (tertiary/aromatic N) is 1. The Kier molecular flexibility index (Phi) is 9.45. The van der Waals surface area contributed by atoms with Gasteiger partial charge in [0.2, 0.25) is 0 Å². The first-order chi connectivity index (χ1) is 11.4. The zero-order valence-corrected chi connectivity index (χ0v) is 15.4. The number of anilines is 1. The molecule has 1 aromatic heterocycles. The topological polar surface area (TPSA) is 34.1 Å². The first-order valence-electron chi connectivity index (χ1n) is 7.80. The second kappa shape index (κ2) is 11.3. The Bertz CT molecular complexity index is 707. The molecule has 0 atom stereocenters. The molecule has 1 heterocycles. The highest BCUT2D eigenvalue weighted by atomic mass is 35.5. The summed E-state index contributed by atoms with van der Waals surface area (Å²) in [4.78, 5) is 4.03. The molecule has 25 heavy (non-hydrogen) atoms. The van der Waals surface area contributed by atoms with Gasteiger partial charge < -0.3 is 10.1 Å². The summed E-state index contributed by atoms with van der Waals surface area (Å²) in [6, 6.07) is 22.4. The van der Waals surface area contributed by atoms with E-state index < -0.39 is 0 Å². The standard InChI is InChI=1S/C20H20N2O.2ClH/c1-2-4-18(5-3-1)16-23-20-8-6-19(7-9-20)22-15-12-17-10-13-21-14-11-17;;/h1-11,13-14,22H,12,15-16H2;2*1H. The number of benzene rings is 2. The summed E-state index contributed by atoms with van der Waals surface area (Å²) in [5.74, 6) is 0.883. The van der Waals surface area contributed by atoms with Crippen molar-refractivity contribution in [2.24, 2.45) is 0 Å². The number of nitrogens with one attached hydrogen (secondary N) is 1. The molecule has 2 aromatic carbocycles. The molecule has 132 valence electrons. The molecular formula is C20H22Cl2N2O. The van der Waals surface area contributed by atoms with Crippen LogP contribution in [0.1, 0.15) is 11.1 Å². The van der Waals surface area contributed by atoms with Crippen LogP contribution in [0.3, 0.4) is 0 Å². The summed E-state index contributed by atoms with van der Waals surface area (Å²) >= 11 is 0. The molecule has 0 saturated carbocycles. The summed E-state index contributed by atoms with van der Waals surface area (Å²) in [5.41, 5.74) is 3.56. The molecule has 0 fully saturated rings. The zero-order chi connectivity index (χ0) is 15.7. The maximum Gasteiger partial charge on any atom is 0.119 e. The van der Waals surface area contributed by atoms with Gasteiger partial charge in [-0.2, -0.15) is 0 Å². The van der Waals surface area contributed by atoms with Gasteiger partial charge in [-0.15, -0.1) is 24.8 Å². The second-order valence-electron chi connectivity index (χ2n) is 5.33. The van der Waals surface area contributed by atoms with E-state index >= 15 is 0 Å². The fraction of sp³-hybridized carbons (Fsp3) is 0.150. The number of ether oxygens (including phenoxy) is 1. The van der Waals surface area contributed by atoms with E-state index in [1.807, 2.05) is 67.0 Å². The largest absolute Gasteiger partial charge is 0.489 e. The van der Waals surface area contributed by atoms with Gasteiger partial charge in [-0.25, -0.2) is 0 Å². The van der Waals surface area contributed by atoms with Gasteiger partial charge in [-0.3, -0.25) is 4.98 Å². The highest BCUT2D eigenvalue weighted by molar-refractivity contribution is 5.85. The molecule has 0 aliphatic heterocycles. The van der Waals surface area contributed by atoms with Crippen LogP contribution in [0.25, 0.3) is 0 Å². The van der Waals surface area contributed by atoms with E-state index in [-0.39, 0.29) is 24.8 Å². The lowest BCUT2D eigenvalue weighted by atomic mass is 10.2. The number of aromatic nitrogens is 1. The number of hydrogen-bond acceptors (Lipinski definition) is 3. The van der Waals surface area contributed by atoms with Crippen LogP contribution in [0.2, 0.25) is 0 Å². The Labute approximate surface area is 161 Å². The van der Waals surface area contributed by atoms with Crippen molar-refractivity contribution >= 4 is 30.5 Å². The van der Waals surface area contributed by atoms with Crippen molar-refractivity contribution in [1.82, 2.24) is 4.98 Å². The third-order valence-corrected chi connectivity index (χ3v) is 3.59. The molecule has 0 bridgehead atoms. The van der Waals surface area contributed by atoms with E-state index in [1.54, 1.807) is 0 Å². The van der Waals surface area contributed by atoms with Gasteiger partial charge in [0.1, 0.15) is 12.4 Å². The average Bonchev–Trinajstić information content (AvgIpc) is 2.63. The summed E-state index contributed by atoms with van der Waals surface area (Å²) in [5, 5.41) is 3.42. The van der Waals surface area contributed by atoms with Crippen molar-refractivity contribution in [2.45, 2.75) is 13.0 Å². The molecule has 3 nitrogen and oxygen atoms in total. The van der Waals surface area contributed by atoms with Crippen LogP contribution in [-0.4, -0.2) is 11.5 Å². The monoisotopic (exact) mass is 376 g/mol. The maximum absolute atomic E-state index is 5.79. The predicted octanol–water partition coefficient (Wildman–Crippen LogP) is 5.16. The average molecular weight is 377 g/mol. The number of rotatable bonds is 7. The minimum absolute atomic E-state index is 0. The molecule has 0 aliphatic rings. The van der Waals surface area contributed by atoms with E-state index in [4.69, 9.17) is 4.74 Å². The summed E-state index contributed by atoms with van der Waals surface area (Å²) in [6.07, 6.45) is 4.64. The Morgan fingerprint density at radius 2 is 1.44 bits per heavy atom. The zero-order valence-electron chi connectivity index (χ0n) is 13.8. The van der Waals surface area contributed by atoms with Crippen molar-refractivity contribution < 1.29 is 4.74 Å². The lowest BCUT2D eigenvalue weighted by Crippen LogP contribution is -2.04. The van der Waals surface area contributed by atoms with Crippen molar-refractivity contribution in [3.8, 4) is 5.75 Å². The van der Waals surface area contributed by atoms with Crippen molar-refractivity contribution in [3.05, 3.63) is 90.3 Å². The molecule has 5 heteroatoms. The molecule has 3 aromatic rings. The second-order valence-corrected chi connectivity index (χ2v) is 5.33. The van der Waals surface area contributed by atoms with Gasteiger partial charge in [0.05, 0.1) is 0 Å². The van der Waals surface area contributed by atoms with Gasteiger partial charge in [0, 0.05) is 24.6 Å². The molecule has 0 spiro atoms. The maximum atomic E-state index is 5.79. The van der Waals surface area contributed by atoms with E-state index in [2.05, 4.69) is 22.4 Å². The van der Waals surface area contributed by atoms with E-state index in [0.29, 0.717) is 6.61 Å². The molecule has 0 aliphatic carbocycles. The van der Waals surface area contributed by atoms with Gasteiger partial charge in [-0.05, 0) is 53.9 Å². The SMILES string of the molecule is Cl.Cl.c1ccc(COc2ccc(NCCc3ccncc3)cc2)cc1. The lowest BCUT2D eigenvalue weighted by Gasteiger charge is -2.09. The van der Waals surface area contributed by atoms with Crippen molar-refractivity contribution in [2.75, 3.05) is 11.9 Å². The summed E-state index contributed by atoms with van der Waals surface area (Å²) in [7, 11) is 0. The van der Waals surface area contributed by atoms with Crippen LogP contribution in [0.15, 0.2) is 79.1 Å². The minimum atomic E-state index is 0. The van der Waals surface area contributed by atoms with E-state index in [1.165, 1.54) is 11.1 Å². The molecule has 0 unspecified atom stereocenters. The fourth-order valence-corrected chi connectivity index (χ4v) is 2.31. The Balaban J connectivity index is 0.00000156. The molecule has 0 saturated heterocycles. The Morgan fingerprint density at radius 3 is 2.12 bits per heavy atom. The number of pyridine rings is 1. The Hall–Kier alpha value is -2.23. The molecule has 3 rings (SSSR count). The smallest absolute Gasteiger partial charge is 0.119 e. The number of hydrogen-bond donors (Lipinski definition) is 1. The third kappa shape index (κ3) is 7.04.